The summed E-state index contributed by atoms with van der Waals surface area (Å²) < 4.78 is 24.6. The summed E-state index contributed by atoms with van der Waals surface area (Å²) >= 11 is 0.418. The Kier molecular flexibility index (Phi) is 4.66. The third-order valence-electron chi connectivity index (χ3n) is 3.32. The van der Waals surface area contributed by atoms with Crippen molar-refractivity contribution in [2.24, 2.45) is 0 Å². The lowest BCUT2D eigenvalue weighted by Crippen LogP contribution is -2.29. The maximum Gasteiger partial charge on any atom is 0.314 e. The number of amides is 1. The highest BCUT2D eigenvalue weighted by molar-refractivity contribution is 7.99. The second-order valence-electron chi connectivity index (χ2n) is 5.03. The van der Waals surface area contributed by atoms with Crippen molar-refractivity contribution in [2.45, 2.75) is 10.7 Å². The molecule has 0 saturated heterocycles. The first-order valence-electron chi connectivity index (χ1n) is 7.05. The van der Waals surface area contributed by atoms with E-state index < -0.39 is 22.8 Å². The maximum absolute atomic E-state index is 12.3. The van der Waals surface area contributed by atoms with E-state index in [0.717, 1.165) is 0 Å². The highest BCUT2D eigenvalue weighted by Gasteiger charge is 2.09. The summed E-state index contributed by atoms with van der Waals surface area (Å²) in [5.41, 5.74) is -0.154. The molecule has 6 nitrogen and oxygen atoms in total. The van der Waals surface area contributed by atoms with Gasteiger partial charge < -0.3 is 15.3 Å². The molecule has 1 aromatic heterocycles. The summed E-state index contributed by atoms with van der Waals surface area (Å²) in [4.78, 5) is 40.1. The van der Waals surface area contributed by atoms with Crippen LogP contribution < -0.4 is 16.4 Å². The van der Waals surface area contributed by atoms with E-state index in [-0.39, 0.29) is 5.56 Å². The van der Waals surface area contributed by atoms with Crippen molar-refractivity contribution < 1.29 is 13.6 Å². The highest BCUT2D eigenvalue weighted by Crippen LogP contribution is 2.26. The molecule has 0 radical (unpaired) electrons. The lowest BCUT2D eigenvalue weighted by Gasteiger charge is -2.07. The van der Waals surface area contributed by atoms with E-state index in [1.54, 1.807) is 0 Å². The Bertz CT molecular complexity index is 1040. The number of aromatic amines is 2. The molecule has 9 heteroatoms. The van der Waals surface area contributed by atoms with Crippen molar-refractivity contribution in [3.63, 3.8) is 0 Å². The lowest BCUT2D eigenvalue weighted by atomic mass is 10.1. The second-order valence-corrected chi connectivity index (χ2v) is 6.09. The number of anilines is 1. The van der Waals surface area contributed by atoms with E-state index in [1.165, 1.54) is 42.5 Å². The van der Waals surface area contributed by atoms with Gasteiger partial charge in [-0.25, -0.2) is 0 Å². The smallest absolute Gasteiger partial charge is 0.314 e. The predicted molar refractivity (Wildman–Crippen MR) is 91.4 cm³/mol. The zero-order chi connectivity index (χ0) is 18.0. The minimum atomic E-state index is -2.51. The van der Waals surface area contributed by atoms with Gasteiger partial charge in [0.25, 0.3) is 11.7 Å². The fourth-order valence-electron chi connectivity index (χ4n) is 2.18. The van der Waals surface area contributed by atoms with E-state index in [9.17, 15) is 23.2 Å². The number of fused-ring (bicyclic) bond motifs is 1. The third-order valence-corrected chi connectivity index (χ3v) is 4.04. The first-order chi connectivity index (χ1) is 11.9. The van der Waals surface area contributed by atoms with Crippen LogP contribution in [0.2, 0.25) is 0 Å². The van der Waals surface area contributed by atoms with Crippen LogP contribution in [0, 0.1) is 0 Å². The molecular formula is C16H11F2N3O3S. The molecule has 2 aromatic carbocycles. The van der Waals surface area contributed by atoms with Crippen LogP contribution in [0.4, 0.5) is 14.5 Å². The molecule has 25 heavy (non-hydrogen) atoms. The van der Waals surface area contributed by atoms with Gasteiger partial charge in [-0.3, -0.25) is 14.4 Å². The summed E-state index contributed by atoms with van der Waals surface area (Å²) in [6.07, 6.45) is 0. The maximum atomic E-state index is 12.3. The Balaban J connectivity index is 1.81. The number of rotatable bonds is 4. The van der Waals surface area contributed by atoms with Gasteiger partial charge in [0.2, 0.25) is 0 Å². The van der Waals surface area contributed by atoms with Gasteiger partial charge in [0.05, 0.1) is 11.0 Å². The van der Waals surface area contributed by atoms with Crippen LogP contribution in [0.5, 0.6) is 0 Å². The summed E-state index contributed by atoms with van der Waals surface area (Å²) in [5.74, 6) is -2.95. The second kappa shape index (κ2) is 6.89. The molecule has 3 aromatic rings. The van der Waals surface area contributed by atoms with Gasteiger partial charge in [-0.05, 0) is 42.5 Å². The largest absolute Gasteiger partial charge is 0.322 e. The first-order valence-corrected chi connectivity index (χ1v) is 7.93. The van der Waals surface area contributed by atoms with Gasteiger partial charge in [0, 0.05) is 16.1 Å². The first kappa shape index (κ1) is 16.9. The van der Waals surface area contributed by atoms with E-state index in [4.69, 9.17) is 0 Å². The molecule has 0 bridgehead atoms. The summed E-state index contributed by atoms with van der Waals surface area (Å²) in [5, 5.41) is 2.63. The molecule has 1 heterocycles. The molecule has 0 saturated carbocycles. The zero-order valence-corrected chi connectivity index (χ0v) is 13.3. The number of alkyl halides is 2. The molecule has 0 aliphatic heterocycles. The molecule has 3 N–H and O–H groups in total. The molecule has 1 amide bonds. The van der Waals surface area contributed by atoms with Crippen molar-refractivity contribution in [1.82, 2.24) is 9.97 Å². The van der Waals surface area contributed by atoms with Crippen molar-refractivity contribution in [3.05, 3.63) is 68.7 Å². The van der Waals surface area contributed by atoms with Crippen LogP contribution in [0.1, 0.15) is 10.4 Å². The molecule has 0 aliphatic carbocycles. The van der Waals surface area contributed by atoms with Gasteiger partial charge in [-0.15, -0.1) is 0 Å². The van der Waals surface area contributed by atoms with Crippen molar-refractivity contribution in [1.29, 1.82) is 0 Å². The number of hydrogen-bond donors (Lipinski definition) is 3. The predicted octanol–water partition coefficient (Wildman–Crippen LogP) is 2.78. The number of benzene rings is 2. The summed E-state index contributed by atoms with van der Waals surface area (Å²) in [7, 11) is 0. The fourth-order valence-corrected chi connectivity index (χ4v) is 2.68. The Hall–Kier alpha value is -2.94. The van der Waals surface area contributed by atoms with Crippen LogP contribution in [0.15, 0.2) is 56.9 Å². The number of hydrogen-bond acceptors (Lipinski definition) is 4. The van der Waals surface area contributed by atoms with Gasteiger partial charge in [-0.2, -0.15) is 8.78 Å². The molecule has 0 aliphatic rings. The van der Waals surface area contributed by atoms with Crippen LogP contribution in [-0.2, 0) is 0 Å². The Labute approximate surface area is 143 Å². The molecule has 0 unspecified atom stereocenters. The highest BCUT2D eigenvalue weighted by atomic mass is 32.2. The number of thioether (sulfide) groups is 1. The average molecular weight is 363 g/mol. The number of carbonyl (C=O) groups is 1. The summed E-state index contributed by atoms with van der Waals surface area (Å²) in [6.45, 7) is 0. The standard InChI is InChI=1S/C16H11F2N3O3S/c17-16(18)25-10-4-2-9(3-5-10)19-13(22)8-1-6-11-12(7-8)21-15(24)14(23)20-11/h1-7,16H,(H,19,22)(H,20,23)(H,21,24). The van der Waals surface area contributed by atoms with E-state index >= 15 is 0 Å². The SMILES string of the molecule is O=C(Nc1ccc(SC(F)F)cc1)c1ccc2[nH]c(=O)c(=O)[nH]c2c1. The van der Waals surface area contributed by atoms with Gasteiger partial charge in [-0.1, -0.05) is 11.8 Å². The molecule has 0 fully saturated rings. The van der Waals surface area contributed by atoms with Crippen LogP contribution in [-0.4, -0.2) is 21.6 Å². The molecular weight excluding hydrogens is 352 g/mol. The number of aromatic nitrogens is 2. The zero-order valence-electron chi connectivity index (χ0n) is 12.5. The molecule has 0 spiro atoms. The van der Waals surface area contributed by atoms with E-state index in [1.807, 2.05) is 0 Å². The Morgan fingerprint density at radius 3 is 2.24 bits per heavy atom. The molecule has 128 valence electrons. The van der Waals surface area contributed by atoms with E-state index in [0.29, 0.717) is 33.4 Å². The number of H-pyrrole nitrogens is 2. The van der Waals surface area contributed by atoms with Crippen LogP contribution in [0.25, 0.3) is 11.0 Å². The Morgan fingerprint density at radius 1 is 0.960 bits per heavy atom. The van der Waals surface area contributed by atoms with Crippen LogP contribution in [0.3, 0.4) is 0 Å². The average Bonchev–Trinajstić information content (AvgIpc) is 2.57. The van der Waals surface area contributed by atoms with Gasteiger partial charge >= 0.3 is 11.1 Å². The molecule has 0 atom stereocenters. The van der Waals surface area contributed by atoms with Crippen LogP contribution >= 0.6 is 11.8 Å². The van der Waals surface area contributed by atoms with E-state index in [2.05, 4.69) is 15.3 Å². The topological polar surface area (TPSA) is 94.8 Å². The monoisotopic (exact) mass is 363 g/mol. The number of nitrogens with one attached hydrogen (secondary N) is 3. The fraction of sp³-hybridized carbons (Fsp3) is 0.0625. The normalized spacial score (nSPS) is 11.0. The quantitative estimate of drug-likeness (QED) is 0.491. The third kappa shape index (κ3) is 3.94. The minimum Gasteiger partial charge on any atom is -0.322 e. The number of carbonyl (C=O) groups excluding carboxylic acids is 1. The lowest BCUT2D eigenvalue weighted by molar-refractivity contribution is 0.102. The van der Waals surface area contributed by atoms with Crippen molar-refractivity contribution >= 4 is 34.4 Å². The van der Waals surface area contributed by atoms with Crippen molar-refractivity contribution in [2.75, 3.05) is 5.32 Å². The van der Waals surface area contributed by atoms with Crippen molar-refractivity contribution in [3.8, 4) is 0 Å². The Morgan fingerprint density at radius 2 is 1.60 bits per heavy atom. The van der Waals surface area contributed by atoms with Gasteiger partial charge in [0.15, 0.2) is 0 Å². The summed E-state index contributed by atoms with van der Waals surface area (Å²) in [6, 6.07) is 10.4. The minimum absolute atomic E-state index is 0.265. The number of halogens is 2. The molecule has 3 rings (SSSR count). The van der Waals surface area contributed by atoms with Gasteiger partial charge in [0.1, 0.15) is 0 Å².